The molecular formula is C15H20ClN3O3. The van der Waals surface area contributed by atoms with Gasteiger partial charge in [-0.1, -0.05) is 25.4 Å². The second-order valence-corrected chi connectivity index (χ2v) is 6.91. The van der Waals surface area contributed by atoms with Crippen LogP contribution in [0.4, 0.5) is 5.82 Å². The molecule has 1 N–H and O–H groups in total. The number of nitrogens with zero attached hydrogens (tertiary/aromatic N) is 2. The van der Waals surface area contributed by atoms with E-state index in [1.54, 1.807) is 6.92 Å². The molecular weight excluding hydrogens is 306 g/mol. The van der Waals surface area contributed by atoms with E-state index < -0.39 is 17.4 Å². The van der Waals surface area contributed by atoms with Gasteiger partial charge in [0.15, 0.2) is 11.0 Å². The minimum absolute atomic E-state index is 0.225. The Morgan fingerprint density at radius 2 is 2.18 bits per heavy atom. The predicted molar refractivity (Wildman–Crippen MR) is 83.5 cm³/mol. The molecule has 1 saturated carbocycles. The van der Waals surface area contributed by atoms with Gasteiger partial charge in [0, 0.05) is 11.5 Å². The van der Waals surface area contributed by atoms with Gasteiger partial charge in [0.2, 0.25) is 0 Å². The molecule has 1 aliphatic carbocycles. The molecule has 7 heteroatoms. The molecule has 1 aromatic heterocycles. The Bertz CT molecular complexity index is 679. The summed E-state index contributed by atoms with van der Waals surface area (Å²) in [6, 6.07) is -0.358. The Morgan fingerprint density at radius 3 is 2.77 bits per heavy atom. The summed E-state index contributed by atoms with van der Waals surface area (Å²) in [6.45, 7) is 5.95. The SMILES string of the molecule is CCOC(=O)[C@@H]1CC(C)(C)c2c(Cl)nc(NC3CC3)c(=O)n21. The number of carbonyl (C=O) groups excluding carboxylic acids is 1. The van der Waals surface area contributed by atoms with Gasteiger partial charge in [-0.2, -0.15) is 0 Å². The van der Waals surface area contributed by atoms with Gasteiger partial charge in [0.25, 0.3) is 5.56 Å². The van der Waals surface area contributed by atoms with Crippen LogP contribution in [-0.4, -0.2) is 28.2 Å². The Hall–Kier alpha value is -1.56. The minimum atomic E-state index is -0.641. The number of hydrogen-bond donors (Lipinski definition) is 1. The van der Waals surface area contributed by atoms with E-state index in [0.29, 0.717) is 12.1 Å². The van der Waals surface area contributed by atoms with Gasteiger partial charge in [-0.25, -0.2) is 9.78 Å². The zero-order chi connectivity index (χ0) is 16.1. The fraction of sp³-hybridized carbons (Fsp3) is 0.667. The van der Waals surface area contributed by atoms with Crippen molar-refractivity contribution in [3.05, 3.63) is 21.2 Å². The van der Waals surface area contributed by atoms with Crippen molar-refractivity contribution in [2.24, 2.45) is 0 Å². The molecule has 0 spiro atoms. The van der Waals surface area contributed by atoms with Crippen LogP contribution in [0.1, 0.15) is 51.8 Å². The predicted octanol–water partition coefficient (Wildman–Crippen LogP) is 2.26. The maximum Gasteiger partial charge on any atom is 0.329 e. The quantitative estimate of drug-likeness (QED) is 0.860. The number of fused-ring (bicyclic) bond motifs is 1. The van der Waals surface area contributed by atoms with Crippen molar-refractivity contribution in [2.75, 3.05) is 11.9 Å². The van der Waals surface area contributed by atoms with Crippen LogP contribution in [0.15, 0.2) is 4.79 Å². The normalized spacial score (nSPS) is 22.3. The molecule has 0 radical (unpaired) electrons. The first-order chi connectivity index (χ1) is 10.3. The monoisotopic (exact) mass is 325 g/mol. The van der Waals surface area contributed by atoms with Gasteiger partial charge >= 0.3 is 5.97 Å². The maximum atomic E-state index is 12.8. The summed E-state index contributed by atoms with van der Waals surface area (Å²) >= 11 is 6.32. The lowest BCUT2D eigenvalue weighted by Gasteiger charge is -2.18. The molecule has 0 bridgehead atoms. The summed E-state index contributed by atoms with van der Waals surface area (Å²) in [5.41, 5.74) is -0.0906. The molecule has 0 saturated heterocycles. The highest BCUT2D eigenvalue weighted by molar-refractivity contribution is 6.30. The molecule has 3 rings (SSSR count). The van der Waals surface area contributed by atoms with Crippen LogP contribution in [0.2, 0.25) is 5.15 Å². The van der Waals surface area contributed by atoms with Crippen LogP contribution in [0.25, 0.3) is 0 Å². The molecule has 0 aromatic carbocycles. The number of halogens is 1. The van der Waals surface area contributed by atoms with Crippen molar-refractivity contribution in [2.45, 2.75) is 57.5 Å². The smallest absolute Gasteiger partial charge is 0.329 e. The van der Waals surface area contributed by atoms with E-state index in [0.717, 1.165) is 12.8 Å². The van der Waals surface area contributed by atoms with Crippen LogP contribution >= 0.6 is 11.6 Å². The summed E-state index contributed by atoms with van der Waals surface area (Å²) in [5, 5.41) is 3.37. The fourth-order valence-electron chi connectivity index (χ4n) is 3.03. The molecule has 2 heterocycles. The zero-order valence-electron chi connectivity index (χ0n) is 13.0. The average molecular weight is 326 g/mol. The number of aromatic nitrogens is 2. The van der Waals surface area contributed by atoms with E-state index >= 15 is 0 Å². The van der Waals surface area contributed by atoms with E-state index in [2.05, 4.69) is 10.3 Å². The first kappa shape index (κ1) is 15.3. The number of nitrogens with one attached hydrogen (secondary N) is 1. The van der Waals surface area contributed by atoms with Gasteiger partial charge in [-0.15, -0.1) is 0 Å². The van der Waals surface area contributed by atoms with E-state index in [-0.39, 0.29) is 29.2 Å². The summed E-state index contributed by atoms with van der Waals surface area (Å²) < 4.78 is 6.59. The van der Waals surface area contributed by atoms with Gasteiger partial charge in [-0.05, 0) is 26.2 Å². The first-order valence-corrected chi connectivity index (χ1v) is 7.98. The summed E-state index contributed by atoms with van der Waals surface area (Å²) in [7, 11) is 0. The third-order valence-corrected chi connectivity index (χ3v) is 4.46. The number of rotatable bonds is 4. The molecule has 120 valence electrons. The molecule has 1 fully saturated rings. The lowest BCUT2D eigenvalue weighted by Crippen LogP contribution is -2.32. The summed E-state index contributed by atoms with van der Waals surface area (Å²) in [4.78, 5) is 29.2. The number of hydrogen-bond acceptors (Lipinski definition) is 5. The number of esters is 1. The average Bonchev–Trinajstić information content (AvgIpc) is 3.18. The molecule has 22 heavy (non-hydrogen) atoms. The van der Waals surface area contributed by atoms with Crippen molar-refractivity contribution in [3.8, 4) is 0 Å². The summed E-state index contributed by atoms with van der Waals surface area (Å²) in [6.07, 6.45) is 2.52. The lowest BCUT2D eigenvalue weighted by atomic mass is 9.87. The van der Waals surface area contributed by atoms with Crippen LogP contribution < -0.4 is 10.9 Å². The Kier molecular flexibility index (Phi) is 3.67. The Balaban J connectivity index is 2.11. The van der Waals surface area contributed by atoms with Crippen LogP contribution in [-0.2, 0) is 14.9 Å². The van der Waals surface area contributed by atoms with Crippen molar-refractivity contribution in [1.29, 1.82) is 0 Å². The largest absolute Gasteiger partial charge is 0.464 e. The standard InChI is InChI=1S/C15H20ClN3O3/c1-4-22-14(21)9-7-15(2,3)10-11(16)18-12(13(20)19(9)10)17-8-5-6-8/h8-9H,4-7H2,1-3H3,(H,17,18)/t9-/m0/s1. The molecule has 6 nitrogen and oxygen atoms in total. The first-order valence-electron chi connectivity index (χ1n) is 7.61. The minimum Gasteiger partial charge on any atom is -0.464 e. The Labute approximate surface area is 133 Å². The fourth-order valence-corrected chi connectivity index (χ4v) is 3.46. The summed E-state index contributed by atoms with van der Waals surface area (Å²) in [5.74, 6) is -0.167. The lowest BCUT2D eigenvalue weighted by molar-refractivity contribution is -0.147. The van der Waals surface area contributed by atoms with E-state index in [4.69, 9.17) is 16.3 Å². The molecule has 2 aliphatic rings. The van der Waals surface area contributed by atoms with Crippen molar-refractivity contribution >= 4 is 23.4 Å². The highest BCUT2D eigenvalue weighted by Gasteiger charge is 2.44. The number of anilines is 1. The Morgan fingerprint density at radius 1 is 1.50 bits per heavy atom. The number of ether oxygens (including phenoxy) is 1. The van der Waals surface area contributed by atoms with E-state index in [9.17, 15) is 9.59 Å². The second-order valence-electron chi connectivity index (χ2n) is 6.55. The van der Waals surface area contributed by atoms with Crippen LogP contribution in [0.3, 0.4) is 0 Å². The van der Waals surface area contributed by atoms with Gasteiger partial charge in [0.05, 0.1) is 12.3 Å². The van der Waals surface area contributed by atoms with Crippen molar-refractivity contribution in [3.63, 3.8) is 0 Å². The van der Waals surface area contributed by atoms with Gasteiger partial charge < -0.3 is 10.1 Å². The second kappa shape index (κ2) is 5.26. The van der Waals surface area contributed by atoms with E-state index in [1.165, 1.54) is 4.57 Å². The van der Waals surface area contributed by atoms with Gasteiger partial charge in [0.1, 0.15) is 6.04 Å². The topological polar surface area (TPSA) is 73.2 Å². The van der Waals surface area contributed by atoms with Crippen molar-refractivity contribution < 1.29 is 9.53 Å². The third-order valence-electron chi connectivity index (χ3n) is 4.20. The van der Waals surface area contributed by atoms with Gasteiger partial charge in [-0.3, -0.25) is 9.36 Å². The zero-order valence-corrected chi connectivity index (χ0v) is 13.7. The molecule has 0 amide bonds. The third kappa shape index (κ3) is 2.49. The molecule has 0 unspecified atom stereocenters. The van der Waals surface area contributed by atoms with E-state index in [1.807, 2.05) is 13.8 Å². The molecule has 1 atom stereocenters. The van der Waals surface area contributed by atoms with Crippen LogP contribution in [0.5, 0.6) is 0 Å². The molecule has 1 aliphatic heterocycles. The van der Waals surface area contributed by atoms with Crippen LogP contribution in [0, 0.1) is 0 Å². The molecule has 1 aromatic rings. The maximum absolute atomic E-state index is 12.8. The van der Waals surface area contributed by atoms with Crippen molar-refractivity contribution in [1.82, 2.24) is 9.55 Å². The highest BCUT2D eigenvalue weighted by Crippen LogP contribution is 2.43. The highest BCUT2D eigenvalue weighted by atomic mass is 35.5. The number of carbonyl (C=O) groups is 1.